The van der Waals surface area contributed by atoms with Crippen LogP contribution in [0.4, 0.5) is 4.39 Å². The molecule has 0 aliphatic carbocycles. The van der Waals surface area contributed by atoms with Crippen LogP contribution in [0.25, 0.3) is 0 Å². The molecule has 0 heterocycles. The van der Waals surface area contributed by atoms with Crippen LogP contribution in [-0.4, -0.2) is 23.9 Å². The number of nitrogens with two attached hydrogens (primary N) is 1. The Morgan fingerprint density at radius 3 is 2.67 bits per heavy atom. The lowest BCUT2D eigenvalue weighted by molar-refractivity contribution is -0.00995. The van der Waals surface area contributed by atoms with Gasteiger partial charge >= 0.3 is 0 Å². The first kappa shape index (κ1) is 12.1. The zero-order valence-corrected chi connectivity index (χ0v) is 8.69. The van der Waals surface area contributed by atoms with E-state index in [1.807, 2.05) is 0 Å². The first-order valence-corrected chi connectivity index (χ1v) is 4.86. The van der Waals surface area contributed by atoms with Gasteiger partial charge in [0, 0.05) is 11.6 Å². The van der Waals surface area contributed by atoms with Gasteiger partial charge in [0.2, 0.25) is 0 Å². The van der Waals surface area contributed by atoms with E-state index >= 15 is 0 Å². The van der Waals surface area contributed by atoms with Gasteiger partial charge in [0.15, 0.2) is 0 Å². The molecule has 2 atom stereocenters. The van der Waals surface area contributed by atoms with E-state index < -0.39 is 6.10 Å². The molecule has 0 aliphatic rings. The van der Waals surface area contributed by atoms with Crippen molar-refractivity contribution >= 4 is 0 Å². The minimum atomic E-state index is -0.454. The normalized spacial score (nSPS) is 14.9. The average Bonchev–Trinajstić information content (AvgIpc) is 2.21. The largest absolute Gasteiger partial charge is 0.394 e. The maximum atomic E-state index is 13.2. The van der Waals surface area contributed by atoms with E-state index in [0.29, 0.717) is 5.56 Å². The lowest BCUT2D eigenvalue weighted by atomic mass is 10.2. The Hall–Kier alpha value is -0.970. The van der Waals surface area contributed by atoms with Gasteiger partial charge < -0.3 is 15.6 Å². The zero-order valence-electron chi connectivity index (χ0n) is 8.69. The minimum absolute atomic E-state index is 0.124. The number of aliphatic hydroxyl groups is 1. The molecule has 0 saturated carbocycles. The Morgan fingerprint density at radius 1 is 1.47 bits per heavy atom. The Bertz CT molecular complexity index is 304. The molecule has 3 nitrogen and oxygen atoms in total. The van der Waals surface area contributed by atoms with Gasteiger partial charge in [-0.1, -0.05) is 18.2 Å². The van der Waals surface area contributed by atoms with Crippen LogP contribution in [0.15, 0.2) is 24.3 Å². The van der Waals surface area contributed by atoms with Crippen molar-refractivity contribution in [2.75, 3.05) is 6.61 Å². The predicted molar refractivity (Wildman–Crippen MR) is 55.7 cm³/mol. The molecule has 4 heteroatoms. The number of benzene rings is 1. The molecule has 0 fully saturated rings. The summed E-state index contributed by atoms with van der Waals surface area (Å²) in [5.74, 6) is -0.307. The predicted octanol–water partition coefficient (Wildman–Crippen LogP) is 1.05. The van der Waals surface area contributed by atoms with Crippen LogP contribution in [-0.2, 0) is 11.3 Å². The van der Waals surface area contributed by atoms with Crippen LogP contribution in [0.5, 0.6) is 0 Å². The van der Waals surface area contributed by atoms with E-state index in [9.17, 15) is 4.39 Å². The van der Waals surface area contributed by atoms with Crippen molar-refractivity contribution in [3.8, 4) is 0 Å². The number of halogens is 1. The second-order valence-corrected chi connectivity index (χ2v) is 3.48. The molecule has 15 heavy (non-hydrogen) atoms. The van der Waals surface area contributed by atoms with Crippen LogP contribution in [0.1, 0.15) is 12.5 Å². The Morgan fingerprint density at radius 2 is 2.13 bits per heavy atom. The molecule has 1 aromatic carbocycles. The second kappa shape index (κ2) is 5.80. The van der Waals surface area contributed by atoms with Gasteiger partial charge in [-0.3, -0.25) is 0 Å². The van der Waals surface area contributed by atoms with Gasteiger partial charge in [-0.15, -0.1) is 0 Å². The van der Waals surface area contributed by atoms with Crippen molar-refractivity contribution in [1.82, 2.24) is 0 Å². The van der Waals surface area contributed by atoms with Crippen LogP contribution in [0, 0.1) is 5.82 Å². The maximum Gasteiger partial charge on any atom is 0.128 e. The first-order valence-electron chi connectivity index (χ1n) is 4.86. The number of hydrogen-bond donors (Lipinski definition) is 2. The lowest BCUT2D eigenvalue weighted by Crippen LogP contribution is -2.36. The summed E-state index contributed by atoms with van der Waals surface area (Å²) in [7, 11) is 0. The molecular formula is C11H16FNO2. The Kier molecular flexibility index (Phi) is 4.68. The van der Waals surface area contributed by atoms with Crippen LogP contribution in [0.2, 0.25) is 0 Å². The Labute approximate surface area is 88.7 Å². The van der Waals surface area contributed by atoms with Crippen molar-refractivity contribution < 1.29 is 14.2 Å². The fourth-order valence-electron chi connectivity index (χ4n) is 1.18. The molecule has 3 N–H and O–H groups in total. The fourth-order valence-corrected chi connectivity index (χ4v) is 1.18. The quantitative estimate of drug-likeness (QED) is 0.768. The van der Waals surface area contributed by atoms with E-state index in [-0.39, 0.29) is 25.1 Å². The number of rotatable bonds is 5. The molecule has 0 saturated heterocycles. The highest BCUT2D eigenvalue weighted by atomic mass is 19.1. The van der Waals surface area contributed by atoms with E-state index in [0.717, 1.165) is 0 Å². The zero-order chi connectivity index (χ0) is 11.3. The fraction of sp³-hybridized carbons (Fsp3) is 0.455. The molecular weight excluding hydrogens is 197 g/mol. The molecule has 1 rings (SSSR count). The van der Waals surface area contributed by atoms with E-state index in [1.165, 1.54) is 6.07 Å². The van der Waals surface area contributed by atoms with Gasteiger partial charge in [-0.2, -0.15) is 0 Å². The molecule has 0 radical (unpaired) electrons. The third-order valence-electron chi connectivity index (χ3n) is 2.18. The van der Waals surface area contributed by atoms with Crippen molar-refractivity contribution in [2.45, 2.75) is 25.7 Å². The van der Waals surface area contributed by atoms with E-state index in [4.69, 9.17) is 15.6 Å². The topological polar surface area (TPSA) is 55.5 Å². The maximum absolute atomic E-state index is 13.2. The second-order valence-electron chi connectivity index (χ2n) is 3.48. The summed E-state index contributed by atoms with van der Waals surface area (Å²) in [6, 6.07) is 6.10. The molecule has 0 bridgehead atoms. The molecule has 2 unspecified atom stereocenters. The van der Waals surface area contributed by atoms with Gasteiger partial charge in [-0.25, -0.2) is 4.39 Å². The van der Waals surface area contributed by atoms with Crippen LogP contribution >= 0.6 is 0 Å². The summed E-state index contributed by atoms with van der Waals surface area (Å²) >= 11 is 0. The molecule has 0 amide bonds. The number of aliphatic hydroxyl groups excluding tert-OH is 1. The summed E-state index contributed by atoms with van der Waals surface area (Å²) in [5.41, 5.74) is 6.04. The summed E-state index contributed by atoms with van der Waals surface area (Å²) in [5, 5.41) is 8.95. The van der Waals surface area contributed by atoms with E-state index in [2.05, 4.69) is 0 Å². The van der Waals surface area contributed by atoms with Gasteiger partial charge in [-0.05, 0) is 13.0 Å². The highest BCUT2D eigenvalue weighted by Gasteiger charge is 2.13. The average molecular weight is 213 g/mol. The lowest BCUT2D eigenvalue weighted by Gasteiger charge is -2.19. The van der Waals surface area contributed by atoms with Crippen LogP contribution in [0.3, 0.4) is 0 Å². The third kappa shape index (κ3) is 3.58. The monoisotopic (exact) mass is 213 g/mol. The number of hydrogen-bond acceptors (Lipinski definition) is 3. The molecule has 0 aliphatic heterocycles. The highest BCUT2D eigenvalue weighted by molar-refractivity contribution is 5.16. The smallest absolute Gasteiger partial charge is 0.128 e. The SMILES string of the molecule is CC(N)C(CO)OCc1ccccc1F. The molecule has 0 spiro atoms. The summed E-state index contributed by atoms with van der Waals surface area (Å²) in [4.78, 5) is 0. The third-order valence-corrected chi connectivity index (χ3v) is 2.18. The molecule has 84 valence electrons. The van der Waals surface area contributed by atoms with Crippen LogP contribution < -0.4 is 5.73 Å². The summed E-state index contributed by atoms with van der Waals surface area (Å²) < 4.78 is 18.5. The number of ether oxygens (including phenoxy) is 1. The van der Waals surface area contributed by atoms with Crippen molar-refractivity contribution in [3.63, 3.8) is 0 Å². The molecule has 1 aromatic rings. The van der Waals surface area contributed by atoms with Crippen molar-refractivity contribution in [1.29, 1.82) is 0 Å². The standard InChI is InChI=1S/C11H16FNO2/c1-8(13)11(6-14)15-7-9-4-2-3-5-10(9)12/h2-5,8,11,14H,6-7,13H2,1H3. The molecule has 0 aromatic heterocycles. The van der Waals surface area contributed by atoms with Crippen molar-refractivity contribution in [3.05, 3.63) is 35.6 Å². The van der Waals surface area contributed by atoms with Gasteiger partial charge in [0.25, 0.3) is 0 Å². The summed E-state index contributed by atoms with van der Waals surface area (Å²) in [6.07, 6.45) is -0.454. The first-order chi connectivity index (χ1) is 7.15. The highest BCUT2D eigenvalue weighted by Crippen LogP contribution is 2.09. The summed E-state index contributed by atoms with van der Waals surface area (Å²) in [6.45, 7) is 1.70. The van der Waals surface area contributed by atoms with Crippen molar-refractivity contribution in [2.24, 2.45) is 5.73 Å². The minimum Gasteiger partial charge on any atom is -0.394 e. The van der Waals surface area contributed by atoms with E-state index in [1.54, 1.807) is 25.1 Å². The van der Waals surface area contributed by atoms with Gasteiger partial charge in [0.05, 0.1) is 19.3 Å². The van der Waals surface area contributed by atoms with Gasteiger partial charge in [0.1, 0.15) is 5.82 Å². The Balaban J connectivity index is 2.53.